The average Bonchev–Trinajstić information content (AvgIpc) is 2.58. The zero-order valence-corrected chi connectivity index (χ0v) is 14.5. The molecule has 2 amide bonds. The van der Waals surface area contributed by atoms with Crippen LogP contribution in [-0.2, 0) is 9.59 Å². The van der Waals surface area contributed by atoms with Gasteiger partial charge in [-0.15, -0.1) is 0 Å². The van der Waals surface area contributed by atoms with Crippen LogP contribution in [0.2, 0.25) is 5.02 Å². The van der Waals surface area contributed by atoms with Crippen LogP contribution >= 0.6 is 11.6 Å². The number of amides is 2. The molecule has 2 N–H and O–H groups in total. The highest BCUT2D eigenvalue weighted by molar-refractivity contribution is 6.32. The van der Waals surface area contributed by atoms with E-state index in [1.165, 1.54) is 24.4 Å². The van der Waals surface area contributed by atoms with Gasteiger partial charge in [-0.25, -0.2) is 5.43 Å². The van der Waals surface area contributed by atoms with Gasteiger partial charge in [-0.2, -0.15) is 5.10 Å². The molecule has 0 fully saturated rings. The number of rotatable bonds is 6. The highest BCUT2D eigenvalue weighted by Gasteiger charge is 2.12. The molecule has 8 nitrogen and oxygen atoms in total. The number of carbonyl (C=O) groups is 2. The quantitative estimate of drug-likeness (QED) is 0.350. The number of nitrogens with zero attached hydrogens (tertiary/aromatic N) is 2. The zero-order chi connectivity index (χ0) is 19.1. The lowest BCUT2D eigenvalue weighted by atomic mass is 10.2. The lowest BCUT2D eigenvalue weighted by Crippen LogP contribution is -2.24. The lowest BCUT2D eigenvalue weighted by molar-refractivity contribution is -0.384. The van der Waals surface area contributed by atoms with E-state index in [2.05, 4.69) is 15.8 Å². The van der Waals surface area contributed by atoms with Crippen molar-refractivity contribution >= 4 is 41.0 Å². The summed E-state index contributed by atoms with van der Waals surface area (Å²) in [4.78, 5) is 33.7. The molecule has 0 spiro atoms. The second kappa shape index (κ2) is 8.72. The number of benzene rings is 2. The Labute approximate surface area is 154 Å². The highest BCUT2D eigenvalue weighted by atomic mass is 35.5. The summed E-state index contributed by atoms with van der Waals surface area (Å²) >= 11 is 5.71. The molecular weight excluding hydrogens is 360 g/mol. The lowest BCUT2D eigenvalue weighted by Gasteiger charge is -2.04. The standard InChI is InChI=1S/C17H15ClN4O4/c1-11-2-5-13(6-3-11)20-16(23)9-17(24)21-19-10-12-4-7-14(18)15(8-12)22(25)26/h2-8,10H,9H2,1H3,(H,20,23)(H,21,24). The van der Waals surface area contributed by atoms with Crippen molar-refractivity contribution in [2.24, 2.45) is 5.10 Å². The molecular formula is C17H15ClN4O4. The van der Waals surface area contributed by atoms with Gasteiger partial charge in [0.05, 0.1) is 11.1 Å². The third kappa shape index (κ3) is 5.67. The van der Waals surface area contributed by atoms with E-state index in [-0.39, 0.29) is 10.7 Å². The fourth-order valence-electron chi connectivity index (χ4n) is 1.96. The van der Waals surface area contributed by atoms with Gasteiger partial charge in [0.1, 0.15) is 11.4 Å². The molecule has 0 atom stereocenters. The van der Waals surface area contributed by atoms with Gasteiger partial charge in [0.15, 0.2) is 0 Å². The highest BCUT2D eigenvalue weighted by Crippen LogP contribution is 2.24. The summed E-state index contributed by atoms with van der Waals surface area (Å²) < 4.78 is 0. The van der Waals surface area contributed by atoms with E-state index < -0.39 is 23.2 Å². The van der Waals surface area contributed by atoms with Crippen LogP contribution in [0.25, 0.3) is 0 Å². The van der Waals surface area contributed by atoms with Crippen molar-refractivity contribution in [3.05, 3.63) is 68.7 Å². The first-order chi connectivity index (χ1) is 12.3. The average molecular weight is 375 g/mol. The minimum Gasteiger partial charge on any atom is -0.326 e. The molecule has 9 heteroatoms. The van der Waals surface area contributed by atoms with Crippen LogP contribution in [0.1, 0.15) is 17.5 Å². The van der Waals surface area contributed by atoms with Gasteiger partial charge in [-0.05, 0) is 25.1 Å². The van der Waals surface area contributed by atoms with Crippen molar-refractivity contribution in [3.63, 3.8) is 0 Å². The number of aryl methyl sites for hydroxylation is 1. The van der Waals surface area contributed by atoms with Crippen molar-refractivity contribution in [3.8, 4) is 0 Å². The first-order valence-electron chi connectivity index (χ1n) is 7.47. The van der Waals surface area contributed by atoms with Gasteiger partial charge in [-0.3, -0.25) is 19.7 Å². The minimum atomic E-state index is -0.617. The van der Waals surface area contributed by atoms with Crippen molar-refractivity contribution in [1.82, 2.24) is 5.43 Å². The third-order valence-electron chi connectivity index (χ3n) is 3.23. The Morgan fingerprint density at radius 3 is 2.54 bits per heavy atom. The van der Waals surface area contributed by atoms with E-state index in [4.69, 9.17) is 11.6 Å². The Bertz CT molecular complexity index is 866. The van der Waals surface area contributed by atoms with E-state index >= 15 is 0 Å². The number of carbonyl (C=O) groups excluding carboxylic acids is 2. The molecule has 0 aliphatic rings. The summed E-state index contributed by atoms with van der Waals surface area (Å²) in [5.74, 6) is -1.10. The Hall–Kier alpha value is -3.26. The van der Waals surface area contributed by atoms with Gasteiger partial charge >= 0.3 is 0 Å². The van der Waals surface area contributed by atoms with Crippen LogP contribution in [0.3, 0.4) is 0 Å². The molecule has 0 bridgehead atoms. The van der Waals surface area contributed by atoms with Crippen LogP contribution < -0.4 is 10.7 Å². The predicted octanol–water partition coefficient (Wildman–Crippen LogP) is 3.04. The molecule has 2 aromatic rings. The Balaban J connectivity index is 1.87. The third-order valence-corrected chi connectivity index (χ3v) is 3.55. The van der Waals surface area contributed by atoms with E-state index in [0.717, 1.165) is 5.56 Å². The number of nitrogens with one attached hydrogen (secondary N) is 2. The first-order valence-corrected chi connectivity index (χ1v) is 7.85. The Morgan fingerprint density at radius 2 is 1.88 bits per heavy atom. The second-order valence-electron chi connectivity index (χ2n) is 5.35. The molecule has 0 saturated carbocycles. The fraction of sp³-hybridized carbons (Fsp3) is 0.118. The summed E-state index contributed by atoms with van der Waals surface area (Å²) in [7, 11) is 0. The second-order valence-corrected chi connectivity index (χ2v) is 5.76. The normalized spacial score (nSPS) is 10.5. The van der Waals surface area contributed by atoms with Crippen LogP contribution in [0.5, 0.6) is 0 Å². The van der Waals surface area contributed by atoms with Crippen LogP contribution in [0.15, 0.2) is 47.6 Å². The van der Waals surface area contributed by atoms with Crippen LogP contribution in [-0.4, -0.2) is 23.0 Å². The SMILES string of the molecule is Cc1ccc(NC(=O)CC(=O)NN=Cc2ccc(Cl)c([N+](=O)[O-])c2)cc1. The van der Waals surface area contributed by atoms with Crippen molar-refractivity contribution < 1.29 is 14.5 Å². The van der Waals surface area contributed by atoms with E-state index in [1.54, 1.807) is 12.1 Å². The Morgan fingerprint density at radius 1 is 1.19 bits per heavy atom. The first kappa shape index (κ1) is 19.1. The molecule has 0 unspecified atom stereocenters. The summed E-state index contributed by atoms with van der Waals surface area (Å²) in [6, 6.07) is 11.2. The number of nitro groups is 1. The van der Waals surface area contributed by atoms with Crippen LogP contribution in [0.4, 0.5) is 11.4 Å². The summed E-state index contributed by atoms with van der Waals surface area (Å²) in [6.45, 7) is 1.92. The molecule has 0 aliphatic heterocycles. The van der Waals surface area contributed by atoms with Crippen LogP contribution in [0, 0.1) is 17.0 Å². The molecule has 0 aromatic heterocycles. The number of nitro benzene ring substituents is 1. The van der Waals surface area contributed by atoms with Gasteiger partial charge in [0, 0.05) is 17.3 Å². The summed E-state index contributed by atoms with van der Waals surface area (Å²) in [5.41, 5.74) is 3.94. The molecule has 26 heavy (non-hydrogen) atoms. The summed E-state index contributed by atoms with van der Waals surface area (Å²) in [6.07, 6.45) is 0.811. The molecule has 134 valence electrons. The maximum Gasteiger partial charge on any atom is 0.288 e. The number of hydrogen-bond donors (Lipinski definition) is 2. The van der Waals surface area contributed by atoms with E-state index in [9.17, 15) is 19.7 Å². The molecule has 2 aromatic carbocycles. The van der Waals surface area contributed by atoms with Crippen molar-refractivity contribution in [2.75, 3.05) is 5.32 Å². The van der Waals surface area contributed by atoms with Gasteiger partial charge in [0.25, 0.3) is 5.69 Å². The Kier molecular flexibility index (Phi) is 6.40. The van der Waals surface area contributed by atoms with E-state index in [1.807, 2.05) is 19.1 Å². The smallest absolute Gasteiger partial charge is 0.288 e. The predicted molar refractivity (Wildman–Crippen MR) is 98.3 cm³/mol. The van der Waals surface area contributed by atoms with Gasteiger partial charge < -0.3 is 5.32 Å². The minimum absolute atomic E-state index is 0.00367. The number of anilines is 1. The number of hydrogen-bond acceptors (Lipinski definition) is 5. The molecule has 0 saturated heterocycles. The maximum atomic E-state index is 11.8. The number of hydrazone groups is 1. The molecule has 0 heterocycles. The molecule has 0 radical (unpaired) electrons. The zero-order valence-electron chi connectivity index (χ0n) is 13.7. The topological polar surface area (TPSA) is 114 Å². The van der Waals surface area contributed by atoms with Gasteiger partial charge in [0.2, 0.25) is 11.8 Å². The largest absolute Gasteiger partial charge is 0.326 e. The monoisotopic (exact) mass is 374 g/mol. The van der Waals surface area contributed by atoms with Crippen molar-refractivity contribution in [1.29, 1.82) is 0 Å². The summed E-state index contributed by atoms with van der Waals surface area (Å²) in [5, 5.41) is 17.1. The molecule has 2 rings (SSSR count). The van der Waals surface area contributed by atoms with Gasteiger partial charge in [-0.1, -0.05) is 35.4 Å². The maximum absolute atomic E-state index is 11.8. The fourth-order valence-corrected chi connectivity index (χ4v) is 2.14. The van der Waals surface area contributed by atoms with E-state index in [0.29, 0.717) is 11.3 Å². The number of halogens is 1. The molecule has 0 aliphatic carbocycles. The van der Waals surface area contributed by atoms with Crippen molar-refractivity contribution in [2.45, 2.75) is 13.3 Å².